The molecule has 0 bridgehead atoms. The van der Waals surface area contributed by atoms with Crippen LogP contribution in [0.15, 0.2) is 58.6 Å². The number of aryl methyl sites for hydroxylation is 1. The molecule has 0 aliphatic heterocycles. The highest BCUT2D eigenvalue weighted by atomic mass is 32.2. The number of hydrogen-bond acceptors (Lipinski definition) is 6. The van der Waals surface area contributed by atoms with Gasteiger partial charge in [-0.25, -0.2) is 4.98 Å². The van der Waals surface area contributed by atoms with Gasteiger partial charge in [0.25, 0.3) is 5.56 Å². The Kier molecular flexibility index (Phi) is 6.17. The fraction of sp³-hybridized carbons (Fsp3) is 0.360. The van der Waals surface area contributed by atoms with E-state index in [0.29, 0.717) is 17.4 Å². The molecule has 1 saturated carbocycles. The smallest absolute Gasteiger partial charge is 0.258 e. The van der Waals surface area contributed by atoms with Gasteiger partial charge in [-0.05, 0) is 61.7 Å². The zero-order valence-electron chi connectivity index (χ0n) is 18.9. The molecule has 0 N–H and O–H groups in total. The van der Waals surface area contributed by atoms with Crippen LogP contribution in [0.1, 0.15) is 49.4 Å². The predicted molar refractivity (Wildman–Crippen MR) is 130 cm³/mol. The van der Waals surface area contributed by atoms with Gasteiger partial charge in [-0.3, -0.25) is 13.8 Å². The Morgan fingerprint density at radius 1 is 1.06 bits per heavy atom. The molecule has 3 aromatic heterocycles. The van der Waals surface area contributed by atoms with Crippen molar-refractivity contribution >= 4 is 17.4 Å². The molecule has 8 heteroatoms. The minimum absolute atomic E-state index is 0.0664. The van der Waals surface area contributed by atoms with Gasteiger partial charge in [0.1, 0.15) is 11.4 Å². The van der Waals surface area contributed by atoms with E-state index in [0.717, 1.165) is 46.4 Å². The highest BCUT2D eigenvalue weighted by Crippen LogP contribution is 2.36. The fourth-order valence-electron chi connectivity index (χ4n) is 4.45. The van der Waals surface area contributed by atoms with Crippen molar-refractivity contribution in [3.8, 4) is 17.1 Å². The molecule has 3 heterocycles. The van der Waals surface area contributed by atoms with Crippen molar-refractivity contribution in [2.24, 2.45) is 0 Å². The third kappa shape index (κ3) is 4.53. The minimum atomic E-state index is -0.0664. The molecule has 0 amide bonds. The largest absolute Gasteiger partial charge is 0.497 e. The van der Waals surface area contributed by atoms with Crippen LogP contribution in [-0.4, -0.2) is 31.3 Å². The number of thioether (sulfide) groups is 1. The van der Waals surface area contributed by atoms with Crippen molar-refractivity contribution < 1.29 is 4.74 Å². The van der Waals surface area contributed by atoms with Crippen LogP contribution < -0.4 is 10.3 Å². The lowest BCUT2D eigenvalue weighted by atomic mass is 9.95. The van der Waals surface area contributed by atoms with E-state index in [1.807, 2.05) is 43.3 Å². The third-order valence-corrected chi connectivity index (χ3v) is 7.15. The number of rotatable bonds is 6. The average Bonchev–Trinajstić information content (AvgIpc) is 3.27. The summed E-state index contributed by atoms with van der Waals surface area (Å²) in [5.74, 6) is 2.27. The van der Waals surface area contributed by atoms with Crippen LogP contribution in [0, 0.1) is 6.92 Å². The summed E-state index contributed by atoms with van der Waals surface area (Å²) in [6.07, 6.45) is 7.75. The van der Waals surface area contributed by atoms with Gasteiger partial charge in [0, 0.05) is 29.6 Å². The summed E-state index contributed by atoms with van der Waals surface area (Å²) in [5.41, 5.74) is 3.46. The van der Waals surface area contributed by atoms with Crippen molar-refractivity contribution in [3.63, 3.8) is 0 Å². The number of fused-ring (bicyclic) bond motifs is 1. The average molecular weight is 462 g/mol. The number of hydrogen-bond donors (Lipinski definition) is 0. The molecule has 1 aromatic carbocycles. The van der Waals surface area contributed by atoms with Gasteiger partial charge < -0.3 is 4.74 Å². The highest BCUT2D eigenvalue weighted by Gasteiger charge is 2.24. The first-order valence-corrected chi connectivity index (χ1v) is 12.3. The number of ether oxygens (including phenoxy) is 1. The second-order valence-electron chi connectivity index (χ2n) is 8.50. The van der Waals surface area contributed by atoms with E-state index in [4.69, 9.17) is 9.72 Å². The number of pyridine rings is 1. The number of nitrogens with zero attached hydrogens (tertiary/aromatic N) is 5. The summed E-state index contributed by atoms with van der Waals surface area (Å²) in [6.45, 7) is 2.00. The lowest BCUT2D eigenvalue weighted by Gasteiger charge is -2.25. The molecule has 33 heavy (non-hydrogen) atoms. The summed E-state index contributed by atoms with van der Waals surface area (Å²) < 4.78 is 9.18. The Bertz CT molecular complexity index is 1320. The maximum atomic E-state index is 12.5. The number of aromatic nitrogens is 5. The molecule has 5 rings (SSSR count). The van der Waals surface area contributed by atoms with Crippen molar-refractivity contribution in [2.75, 3.05) is 7.11 Å². The van der Waals surface area contributed by atoms with Gasteiger partial charge in [0.05, 0.1) is 12.8 Å². The van der Waals surface area contributed by atoms with Crippen molar-refractivity contribution in [3.05, 3.63) is 70.3 Å². The van der Waals surface area contributed by atoms with Gasteiger partial charge >= 0.3 is 0 Å². The van der Waals surface area contributed by atoms with E-state index in [2.05, 4.69) is 14.8 Å². The maximum Gasteiger partial charge on any atom is 0.258 e. The van der Waals surface area contributed by atoms with Crippen LogP contribution in [-0.2, 0) is 5.75 Å². The van der Waals surface area contributed by atoms with Crippen LogP contribution in [0.3, 0.4) is 0 Å². The molecule has 1 fully saturated rings. The first kappa shape index (κ1) is 21.7. The summed E-state index contributed by atoms with van der Waals surface area (Å²) >= 11 is 1.59. The molecular formula is C25H27N5O2S. The molecule has 4 aromatic rings. The Morgan fingerprint density at radius 2 is 1.85 bits per heavy atom. The highest BCUT2D eigenvalue weighted by molar-refractivity contribution is 7.98. The van der Waals surface area contributed by atoms with Crippen LogP contribution >= 0.6 is 11.8 Å². The normalized spacial score (nSPS) is 14.6. The summed E-state index contributed by atoms with van der Waals surface area (Å²) in [5, 5.41) is 10.0. The Morgan fingerprint density at radius 3 is 2.61 bits per heavy atom. The number of benzene rings is 1. The van der Waals surface area contributed by atoms with E-state index < -0.39 is 0 Å². The van der Waals surface area contributed by atoms with Crippen molar-refractivity contribution in [1.82, 2.24) is 24.1 Å². The molecule has 0 radical (unpaired) electrons. The predicted octanol–water partition coefficient (Wildman–Crippen LogP) is 5.07. The van der Waals surface area contributed by atoms with Gasteiger partial charge in [-0.15, -0.1) is 10.2 Å². The molecule has 0 unspecified atom stereocenters. The summed E-state index contributed by atoms with van der Waals surface area (Å²) in [6, 6.07) is 13.8. The third-order valence-electron chi connectivity index (χ3n) is 6.18. The van der Waals surface area contributed by atoms with Crippen LogP contribution in [0.5, 0.6) is 5.75 Å². The van der Waals surface area contributed by atoms with Crippen LogP contribution in [0.2, 0.25) is 0 Å². The van der Waals surface area contributed by atoms with Crippen LogP contribution in [0.4, 0.5) is 0 Å². The van der Waals surface area contributed by atoms with E-state index in [1.165, 1.54) is 19.3 Å². The molecule has 170 valence electrons. The van der Waals surface area contributed by atoms with Crippen LogP contribution in [0.25, 0.3) is 17.0 Å². The SMILES string of the molecule is COc1ccc(-c2nnc(SCc3cc(=O)n4ccc(C)cc4n3)n2C2CCCCC2)cc1. The van der Waals surface area contributed by atoms with E-state index in [9.17, 15) is 4.79 Å². The Balaban J connectivity index is 1.47. The minimum Gasteiger partial charge on any atom is -0.497 e. The van der Waals surface area contributed by atoms with E-state index in [1.54, 1.807) is 35.5 Å². The Labute approximate surface area is 196 Å². The second-order valence-corrected chi connectivity index (χ2v) is 9.45. The molecule has 0 spiro atoms. The first-order valence-electron chi connectivity index (χ1n) is 11.3. The quantitative estimate of drug-likeness (QED) is 0.373. The topological polar surface area (TPSA) is 74.3 Å². The van der Waals surface area contributed by atoms with Gasteiger partial charge in [0.15, 0.2) is 11.0 Å². The molecule has 0 saturated heterocycles. The Hall–Kier alpha value is -3.13. The molecule has 1 aliphatic carbocycles. The zero-order chi connectivity index (χ0) is 22.8. The lowest BCUT2D eigenvalue weighted by molar-refractivity contribution is 0.339. The van der Waals surface area contributed by atoms with E-state index in [-0.39, 0.29) is 5.56 Å². The monoisotopic (exact) mass is 461 g/mol. The zero-order valence-corrected chi connectivity index (χ0v) is 19.7. The second kappa shape index (κ2) is 9.39. The van der Waals surface area contributed by atoms with E-state index >= 15 is 0 Å². The molecule has 1 aliphatic rings. The fourth-order valence-corrected chi connectivity index (χ4v) is 5.35. The molecule has 7 nitrogen and oxygen atoms in total. The lowest BCUT2D eigenvalue weighted by Crippen LogP contribution is -2.16. The summed E-state index contributed by atoms with van der Waals surface area (Å²) in [4.78, 5) is 17.3. The first-order chi connectivity index (χ1) is 16.1. The van der Waals surface area contributed by atoms with Gasteiger partial charge in [0.2, 0.25) is 0 Å². The standard InChI is InChI=1S/C25H27N5O2S/c1-17-12-13-29-22(14-17)26-19(15-23(29)31)16-33-25-28-27-24(18-8-10-21(32-2)11-9-18)30(25)20-6-4-3-5-7-20/h8-15,20H,3-7,16H2,1-2H3. The van der Waals surface area contributed by atoms with Crippen molar-refractivity contribution in [1.29, 1.82) is 0 Å². The summed E-state index contributed by atoms with van der Waals surface area (Å²) in [7, 11) is 1.67. The molecular weight excluding hydrogens is 434 g/mol. The molecule has 0 atom stereocenters. The van der Waals surface area contributed by atoms with Crippen molar-refractivity contribution in [2.45, 2.75) is 56.0 Å². The van der Waals surface area contributed by atoms with Gasteiger partial charge in [-0.2, -0.15) is 0 Å². The number of methoxy groups -OCH3 is 1. The van der Waals surface area contributed by atoms with Gasteiger partial charge in [-0.1, -0.05) is 31.0 Å². The maximum absolute atomic E-state index is 12.5.